The van der Waals surface area contributed by atoms with Crippen molar-refractivity contribution < 1.29 is 9.18 Å². The first kappa shape index (κ1) is 15.8. The van der Waals surface area contributed by atoms with Gasteiger partial charge in [-0.2, -0.15) is 0 Å². The van der Waals surface area contributed by atoms with Crippen molar-refractivity contribution in [3.8, 4) is 0 Å². The van der Waals surface area contributed by atoms with Gasteiger partial charge in [0.15, 0.2) is 5.78 Å². The average Bonchev–Trinajstić information content (AvgIpc) is 2.26. The van der Waals surface area contributed by atoms with Crippen LogP contribution in [-0.4, -0.2) is 30.8 Å². The molecule has 0 aliphatic carbocycles. The van der Waals surface area contributed by atoms with E-state index in [1.54, 1.807) is 18.2 Å². The summed E-state index contributed by atoms with van der Waals surface area (Å²) in [7, 11) is 2.00. The fourth-order valence-electron chi connectivity index (χ4n) is 2.35. The number of rotatable bonds is 5. The summed E-state index contributed by atoms with van der Waals surface area (Å²) < 4.78 is 13.6. The monoisotopic (exact) mass is 265 g/mol. The summed E-state index contributed by atoms with van der Waals surface area (Å²) in [5, 5.41) is 0. The second kappa shape index (κ2) is 6.29. The van der Waals surface area contributed by atoms with E-state index in [9.17, 15) is 9.18 Å². The third kappa shape index (κ3) is 5.11. The molecule has 0 aliphatic heterocycles. The molecular formula is C16H24FNO. The van der Waals surface area contributed by atoms with E-state index in [1.165, 1.54) is 6.07 Å². The molecule has 1 aromatic rings. The number of carbonyl (C=O) groups is 1. The van der Waals surface area contributed by atoms with Gasteiger partial charge in [0, 0.05) is 19.0 Å². The molecule has 0 radical (unpaired) electrons. The Hall–Kier alpha value is -1.22. The zero-order chi connectivity index (χ0) is 14.6. The van der Waals surface area contributed by atoms with Crippen LogP contribution in [0.3, 0.4) is 0 Å². The Kier molecular flexibility index (Phi) is 5.24. The molecule has 0 bridgehead atoms. The Bertz CT molecular complexity index is 437. The summed E-state index contributed by atoms with van der Waals surface area (Å²) in [6, 6.07) is 6.18. The second-order valence-electron chi connectivity index (χ2n) is 6.50. The molecule has 0 aliphatic rings. The molecule has 1 atom stereocenters. The van der Waals surface area contributed by atoms with Crippen molar-refractivity contribution in [3.05, 3.63) is 35.6 Å². The molecule has 0 amide bonds. The molecule has 1 aromatic carbocycles. The van der Waals surface area contributed by atoms with Crippen molar-refractivity contribution in [2.75, 3.05) is 20.1 Å². The first-order valence-electron chi connectivity index (χ1n) is 6.68. The molecule has 0 fully saturated rings. The predicted octanol–water partition coefficient (Wildman–Crippen LogP) is 3.62. The van der Waals surface area contributed by atoms with Gasteiger partial charge in [0.25, 0.3) is 0 Å². The number of hydrogen-bond acceptors (Lipinski definition) is 2. The number of hydrogen-bond donors (Lipinski definition) is 0. The van der Waals surface area contributed by atoms with Crippen molar-refractivity contribution in [2.24, 2.45) is 11.3 Å². The number of ketones is 1. The van der Waals surface area contributed by atoms with E-state index in [0.29, 0.717) is 6.54 Å². The van der Waals surface area contributed by atoms with Crippen LogP contribution in [0.4, 0.5) is 4.39 Å². The van der Waals surface area contributed by atoms with Crippen molar-refractivity contribution >= 4 is 5.78 Å². The second-order valence-corrected chi connectivity index (χ2v) is 6.50. The fourth-order valence-corrected chi connectivity index (χ4v) is 2.35. The number of benzene rings is 1. The smallest absolute Gasteiger partial charge is 0.169 e. The lowest BCUT2D eigenvalue weighted by molar-refractivity contribution is 0.0885. The Morgan fingerprint density at radius 2 is 1.89 bits per heavy atom. The summed E-state index contributed by atoms with van der Waals surface area (Å²) >= 11 is 0. The normalized spacial score (nSPS) is 13.6. The number of nitrogens with zero attached hydrogens (tertiary/aromatic N) is 1. The van der Waals surface area contributed by atoms with Crippen LogP contribution >= 0.6 is 0 Å². The van der Waals surface area contributed by atoms with E-state index in [2.05, 4.69) is 25.7 Å². The quantitative estimate of drug-likeness (QED) is 0.758. The number of halogens is 1. The summed E-state index contributed by atoms with van der Waals surface area (Å²) in [6.45, 7) is 9.88. The van der Waals surface area contributed by atoms with E-state index >= 15 is 0 Å². The highest BCUT2D eigenvalue weighted by molar-refractivity contribution is 5.98. The van der Waals surface area contributed by atoms with Crippen LogP contribution < -0.4 is 0 Å². The molecule has 0 aromatic heterocycles. The Balaban J connectivity index is 2.66. The number of carbonyl (C=O) groups excluding carboxylic acids is 1. The van der Waals surface area contributed by atoms with E-state index in [4.69, 9.17) is 0 Å². The van der Waals surface area contributed by atoms with Gasteiger partial charge in [-0.15, -0.1) is 0 Å². The standard InChI is InChI=1S/C16H24FNO/c1-12(10-18(5)11-16(2,3)4)15(19)13-8-6-7-9-14(13)17/h6-9,12H,10-11H2,1-5H3. The van der Waals surface area contributed by atoms with Crippen LogP contribution in [0.25, 0.3) is 0 Å². The number of Topliss-reactive ketones (excluding diaryl/α,β-unsaturated/α-hetero) is 1. The van der Waals surface area contributed by atoms with E-state index in [-0.39, 0.29) is 22.7 Å². The minimum atomic E-state index is -0.433. The largest absolute Gasteiger partial charge is 0.305 e. The molecule has 0 saturated carbocycles. The third-order valence-electron chi connectivity index (χ3n) is 2.92. The molecule has 1 rings (SSSR count). The molecule has 0 spiro atoms. The Morgan fingerprint density at radius 1 is 1.32 bits per heavy atom. The highest BCUT2D eigenvalue weighted by Crippen LogP contribution is 2.17. The average molecular weight is 265 g/mol. The SMILES string of the molecule is CC(CN(C)CC(C)(C)C)C(=O)c1ccccc1F. The van der Waals surface area contributed by atoms with E-state index in [1.807, 2.05) is 14.0 Å². The van der Waals surface area contributed by atoms with Crippen molar-refractivity contribution in [3.63, 3.8) is 0 Å². The molecular weight excluding hydrogens is 241 g/mol. The van der Waals surface area contributed by atoms with Gasteiger partial charge in [0.1, 0.15) is 5.82 Å². The van der Waals surface area contributed by atoms with Crippen LogP contribution in [0, 0.1) is 17.2 Å². The van der Waals surface area contributed by atoms with Crippen LogP contribution in [-0.2, 0) is 0 Å². The minimum absolute atomic E-state index is 0.126. The lowest BCUT2D eigenvalue weighted by Crippen LogP contribution is -2.35. The molecule has 1 unspecified atom stereocenters. The first-order chi connectivity index (χ1) is 8.70. The van der Waals surface area contributed by atoms with Gasteiger partial charge in [0.05, 0.1) is 5.56 Å². The van der Waals surface area contributed by atoms with Gasteiger partial charge in [-0.25, -0.2) is 4.39 Å². The molecule has 0 heterocycles. The highest BCUT2D eigenvalue weighted by atomic mass is 19.1. The van der Waals surface area contributed by atoms with Crippen LogP contribution in [0.2, 0.25) is 0 Å². The van der Waals surface area contributed by atoms with Crippen molar-refractivity contribution in [1.82, 2.24) is 4.90 Å². The Labute approximate surface area is 115 Å². The van der Waals surface area contributed by atoms with Crippen LogP contribution in [0.15, 0.2) is 24.3 Å². The topological polar surface area (TPSA) is 20.3 Å². The first-order valence-corrected chi connectivity index (χ1v) is 6.68. The summed E-state index contributed by atoms with van der Waals surface area (Å²) in [5.41, 5.74) is 0.384. The summed E-state index contributed by atoms with van der Waals surface area (Å²) in [6.07, 6.45) is 0. The fraction of sp³-hybridized carbons (Fsp3) is 0.562. The van der Waals surface area contributed by atoms with Gasteiger partial charge in [-0.05, 0) is 24.6 Å². The minimum Gasteiger partial charge on any atom is -0.305 e. The third-order valence-corrected chi connectivity index (χ3v) is 2.92. The van der Waals surface area contributed by atoms with Gasteiger partial charge in [-0.3, -0.25) is 4.79 Å². The van der Waals surface area contributed by atoms with E-state index < -0.39 is 5.82 Å². The van der Waals surface area contributed by atoms with Gasteiger partial charge < -0.3 is 4.90 Å². The zero-order valence-corrected chi connectivity index (χ0v) is 12.5. The van der Waals surface area contributed by atoms with Gasteiger partial charge >= 0.3 is 0 Å². The van der Waals surface area contributed by atoms with Crippen LogP contribution in [0.5, 0.6) is 0 Å². The van der Waals surface area contributed by atoms with Gasteiger partial charge in [-0.1, -0.05) is 39.8 Å². The maximum atomic E-state index is 13.6. The molecule has 19 heavy (non-hydrogen) atoms. The Morgan fingerprint density at radius 3 is 2.42 bits per heavy atom. The van der Waals surface area contributed by atoms with Crippen molar-refractivity contribution in [2.45, 2.75) is 27.7 Å². The highest BCUT2D eigenvalue weighted by Gasteiger charge is 2.21. The lowest BCUT2D eigenvalue weighted by Gasteiger charge is -2.28. The lowest BCUT2D eigenvalue weighted by atomic mass is 9.94. The van der Waals surface area contributed by atoms with Gasteiger partial charge in [0.2, 0.25) is 0 Å². The maximum Gasteiger partial charge on any atom is 0.169 e. The summed E-state index contributed by atoms with van der Waals surface area (Å²) in [4.78, 5) is 14.3. The predicted molar refractivity (Wildman–Crippen MR) is 76.8 cm³/mol. The molecule has 3 heteroatoms. The van der Waals surface area contributed by atoms with Crippen LogP contribution in [0.1, 0.15) is 38.1 Å². The molecule has 0 saturated heterocycles. The maximum absolute atomic E-state index is 13.6. The molecule has 2 nitrogen and oxygen atoms in total. The van der Waals surface area contributed by atoms with Crippen molar-refractivity contribution in [1.29, 1.82) is 0 Å². The summed E-state index contributed by atoms with van der Waals surface area (Å²) in [5.74, 6) is -0.763. The molecule has 106 valence electrons. The van der Waals surface area contributed by atoms with E-state index in [0.717, 1.165) is 6.54 Å². The zero-order valence-electron chi connectivity index (χ0n) is 12.5. The molecule has 0 N–H and O–H groups in total.